The van der Waals surface area contributed by atoms with Gasteiger partial charge in [-0.05, 0) is 45.6 Å². The Morgan fingerprint density at radius 1 is 1.43 bits per heavy atom. The molecule has 0 bridgehead atoms. The summed E-state index contributed by atoms with van der Waals surface area (Å²) in [6.45, 7) is 6.98. The molecule has 0 aromatic carbocycles. The number of aromatic nitrogens is 2. The fourth-order valence-corrected chi connectivity index (χ4v) is 3.08. The lowest BCUT2D eigenvalue weighted by atomic mass is 9.98. The first kappa shape index (κ1) is 17.8. The smallest absolute Gasteiger partial charge is 0.407 e. The van der Waals surface area contributed by atoms with Gasteiger partial charge >= 0.3 is 6.09 Å². The summed E-state index contributed by atoms with van der Waals surface area (Å²) < 4.78 is 7.20. The Kier molecular flexibility index (Phi) is 6.04. The Labute approximate surface area is 139 Å². The molecule has 2 rings (SSSR count). The van der Waals surface area contributed by atoms with Crippen molar-refractivity contribution in [3.8, 4) is 0 Å². The van der Waals surface area contributed by atoms with Gasteiger partial charge in [-0.1, -0.05) is 12.8 Å². The van der Waals surface area contributed by atoms with E-state index in [1.165, 1.54) is 25.7 Å². The molecule has 1 fully saturated rings. The van der Waals surface area contributed by atoms with Gasteiger partial charge in [-0.2, -0.15) is 5.10 Å². The third kappa shape index (κ3) is 5.86. The highest BCUT2D eigenvalue weighted by Gasteiger charge is 2.26. The number of ether oxygens (including phenoxy) is 1. The van der Waals surface area contributed by atoms with Gasteiger partial charge in [-0.25, -0.2) is 4.79 Å². The van der Waals surface area contributed by atoms with Crippen LogP contribution in [0.2, 0.25) is 0 Å². The lowest BCUT2D eigenvalue weighted by Crippen LogP contribution is -2.46. The van der Waals surface area contributed by atoms with Crippen LogP contribution < -0.4 is 10.6 Å². The summed E-state index contributed by atoms with van der Waals surface area (Å²) in [6.07, 6.45) is 6.46. The highest BCUT2D eigenvalue weighted by Crippen LogP contribution is 2.27. The third-order valence-corrected chi connectivity index (χ3v) is 4.30. The highest BCUT2D eigenvalue weighted by atomic mass is 16.6. The minimum Gasteiger partial charge on any atom is -0.444 e. The fraction of sp³-hybridized carbons (Fsp3) is 0.765. The van der Waals surface area contributed by atoms with Gasteiger partial charge < -0.3 is 15.4 Å². The average molecular weight is 322 g/mol. The van der Waals surface area contributed by atoms with Crippen LogP contribution >= 0.6 is 0 Å². The molecule has 6 nitrogen and oxygen atoms in total. The summed E-state index contributed by atoms with van der Waals surface area (Å²) in [7, 11) is 1.94. The largest absolute Gasteiger partial charge is 0.444 e. The second-order valence-electron chi connectivity index (χ2n) is 7.36. The number of carbonyl (C=O) groups excluding carboxylic acids is 1. The summed E-state index contributed by atoms with van der Waals surface area (Å²) in [5.74, 6) is 0.609. The van der Waals surface area contributed by atoms with Crippen LogP contribution in [0.1, 0.15) is 52.1 Å². The molecule has 0 saturated heterocycles. The van der Waals surface area contributed by atoms with Crippen molar-refractivity contribution in [1.82, 2.24) is 20.4 Å². The van der Waals surface area contributed by atoms with Crippen LogP contribution in [-0.2, 0) is 18.3 Å². The van der Waals surface area contributed by atoms with Crippen LogP contribution in [0.5, 0.6) is 0 Å². The van der Waals surface area contributed by atoms with Gasteiger partial charge in [0.1, 0.15) is 5.60 Å². The van der Waals surface area contributed by atoms with Crippen LogP contribution in [0, 0.1) is 5.92 Å². The minimum absolute atomic E-state index is 0.264. The van der Waals surface area contributed by atoms with Crippen molar-refractivity contribution in [3.05, 3.63) is 18.0 Å². The van der Waals surface area contributed by atoms with E-state index in [0.29, 0.717) is 12.5 Å². The van der Waals surface area contributed by atoms with Gasteiger partial charge in [0, 0.05) is 32.4 Å². The van der Waals surface area contributed by atoms with Crippen LogP contribution in [-0.4, -0.2) is 34.1 Å². The Bertz CT molecular complexity index is 501. The van der Waals surface area contributed by atoms with E-state index in [1.807, 2.05) is 38.6 Å². The normalized spacial score (nSPS) is 17.2. The van der Waals surface area contributed by atoms with E-state index in [1.54, 1.807) is 6.20 Å². The van der Waals surface area contributed by atoms with Crippen LogP contribution in [0.25, 0.3) is 0 Å². The van der Waals surface area contributed by atoms with Crippen molar-refractivity contribution >= 4 is 6.09 Å². The van der Waals surface area contributed by atoms with Crippen molar-refractivity contribution in [1.29, 1.82) is 0 Å². The molecule has 0 aliphatic heterocycles. The maximum atomic E-state index is 11.9. The molecular formula is C17H30N4O2. The van der Waals surface area contributed by atoms with E-state index in [2.05, 4.69) is 15.7 Å². The van der Waals surface area contributed by atoms with Crippen LogP contribution in [0.4, 0.5) is 4.79 Å². The molecule has 2 N–H and O–H groups in total. The zero-order chi connectivity index (χ0) is 16.9. The van der Waals surface area contributed by atoms with Crippen molar-refractivity contribution in [2.24, 2.45) is 13.0 Å². The van der Waals surface area contributed by atoms with Gasteiger partial charge in [0.25, 0.3) is 0 Å². The van der Waals surface area contributed by atoms with Crippen molar-refractivity contribution in [3.63, 3.8) is 0 Å². The molecule has 1 aliphatic rings. The maximum absolute atomic E-state index is 11.9. The highest BCUT2D eigenvalue weighted by molar-refractivity contribution is 5.67. The number of nitrogens with zero attached hydrogens (tertiary/aromatic N) is 2. The third-order valence-electron chi connectivity index (χ3n) is 4.30. The molecule has 0 spiro atoms. The van der Waals surface area contributed by atoms with Crippen LogP contribution in [0.3, 0.4) is 0 Å². The molecule has 1 heterocycles. The zero-order valence-corrected chi connectivity index (χ0v) is 14.8. The van der Waals surface area contributed by atoms with Gasteiger partial charge in [-0.3, -0.25) is 4.68 Å². The summed E-state index contributed by atoms with van der Waals surface area (Å²) in [5.41, 5.74) is 0.681. The SMILES string of the molecule is Cn1nccc1CNC(CNC(=O)OC(C)(C)C)C1CCCC1. The Morgan fingerprint density at radius 3 is 2.70 bits per heavy atom. The number of aryl methyl sites for hydroxylation is 1. The molecule has 1 aromatic heterocycles. The second-order valence-corrected chi connectivity index (χ2v) is 7.36. The van der Waals surface area contributed by atoms with Crippen molar-refractivity contribution in [2.75, 3.05) is 6.54 Å². The number of carbonyl (C=O) groups is 1. The van der Waals surface area contributed by atoms with E-state index in [4.69, 9.17) is 4.74 Å². The second kappa shape index (κ2) is 7.81. The summed E-state index contributed by atoms with van der Waals surface area (Å²) >= 11 is 0. The molecule has 23 heavy (non-hydrogen) atoms. The van der Waals surface area contributed by atoms with E-state index >= 15 is 0 Å². The van der Waals surface area contributed by atoms with E-state index in [9.17, 15) is 4.79 Å². The number of alkyl carbamates (subject to hydrolysis) is 1. The van der Waals surface area contributed by atoms with Gasteiger partial charge in [0.2, 0.25) is 0 Å². The average Bonchev–Trinajstić information content (AvgIpc) is 3.09. The molecule has 1 saturated carbocycles. The molecule has 1 aromatic rings. The molecule has 1 aliphatic carbocycles. The van der Waals surface area contributed by atoms with Gasteiger partial charge in [-0.15, -0.1) is 0 Å². The predicted molar refractivity (Wildman–Crippen MR) is 90.0 cm³/mol. The fourth-order valence-electron chi connectivity index (χ4n) is 3.08. The van der Waals surface area contributed by atoms with Crippen molar-refractivity contribution < 1.29 is 9.53 Å². The summed E-state index contributed by atoms with van der Waals surface area (Å²) in [4.78, 5) is 11.9. The Morgan fingerprint density at radius 2 is 2.13 bits per heavy atom. The predicted octanol–water partition coefficient (Wildman–Crippen LogP) is 2.59. The molecule has 6 heteroatoms. The summed E-state index contributed by atoms with van der Waals surface area (Å²) in [6, 6.07) is 2.28. The lowest BCUT2D eigenvalue weighted by Gasteiger charge is -2.26. The number of rotatable bonds is 6. The first-order valence-electron chi connectivity index (χ1n) is 8.52. The molecule has 1 atom stereocenters. The van der Waals surface area contributed by atoms with E-state index in [-0.39, 0.29) is 12.1 Å². The standard InChI is InChI=1S/C17H30N4O2/c1-17(2,3)23-16(22)19-12-15(13-7-5-6-8-13)18-11-14-9-10-20-21(14)4/h9-10,13,15,18H,5-8,11-12H2,1-4H3,(H,19,22). The number of hydrogen-bond acceptors (Lipinski definition) is 4. The quantitative estimate of drug-likeness (QED) is 0.845. The number of nitrogens with one attached hydrogen (secondary N) is 2. The molecule has 0 radical (unpaired) electrons. The Balaban J connectivity index is 1.87. The monoisotopic (exact) mass is 322 g/mol. The molecular weight excluding hydrogens is 292 g/mol. The van der Waals surface area contributed by atoms with E-state index in [0.717, 1.165) is 12.2 Å². The summed E-state index contributed by atoms with van der Waals surface area (Å²) in [5, 5.41) is 10.7. The minimum atomic E-state index is -0.463. The molecule has 1 amide bonds. The van der Waals surface area contributed by atoms with E-state index < -0.39 is 5.60 Å². The number of amides is 1. The first-order chi connectivity index (χ1) is 10.8. The zero-order valence-electron chi connectivity index (χ0n) is 14.8. The first-order valence-corrected chi connectivity index (χ1v) is 8.52. The lowest BCUT2D eigenvalue weighted by molar-refractivity contribution is 0.0518. The topological polar surface area (TPSA) is 68.2 Å². The maximum Gasteiger partial charge on any atom is 0.407 e. The number of hydrogen-bond donors (Lipinski definition) is 2. The molecule has 1 unspecified atom stereocenters. The van der Waals surface area contributed by atoms with Crippen molar-refractivity contribution in [2.45, 2.75) is 64.6 Å². The van der Waals surface area contributed by atoms with Crippen LogP contribution in [0.15, 0.2) is 12.3 Å². The van der Waals surface area contributed by atoms with Gasteiger partial charge in [0.15, 0.2) is 0 Å². The molecule has 130 valence electrons. The van der Waals surface area contributed by atoms with Gasteiger partial charge in [0.05, 0.1) is 5.69 Å². The Hall–Kier alpha value is -1.56.